The lowest BCUT2D eigenvalue weighted by molar-refractivity contribution is -0.229. The van der Waals surface area contributed by atoms with Crippen molar-refractivity contribution in [3.05, 3.63) is 28.6 Å². The molecular formula is C13H16F5N. The van der Waals surface area contributed by atoms with Gasteiger partial charge in [-0.3, -0.25) is 0 Å². The molecule has 1 aromatic rings. The Bertz CT molecular complexity index is 489. The van der Waals surface area contributed by atoms with Crippen molar-refractivity contribution in [2.24, 2.45) is 0 Å². The molecule has 1 unspecified atom stereocenters. The summed E-state index contributed by atoms with van der Waals surface area (Å²) >= 11 is 0. The SMILES string of the molecule is Cc1cc(N)c(F)c(C(C)C)c1C(C)(F)C(F)(F)F. The average molecular weight is 281 g/mol. The molecule has 0 bridgehead atoms. The van der Waals surface area contributed by atoms with Gasteiger partial charge >= 0.3 is 6.18 Å². The highest BCUT2D eigenvalue weighted by Crippen LogP contribution is 2.47. The standard InChI is InChI=1S/C13H16F5N/c1-6(2)9-10(12(4,15)13(16,17)18)7(3)5-8(19)11(9)14/h5-6H,19H2,1-4H3. The van der Waals surface area contributed by atoms with Crippen LogP contribution < -0.4 is 5.73 Å². The Labute approximate surface area is 108 Å². The van der Waals surface area contributed by atoms with Gasteiger partial charge in [-0.05, 0) is 37.0 Å². The molecule has 0 spiro atoms. The smallest absolute Gasteiger partial charge is 0.396 e. The maximum atomic E-state index is 14.2. The molecule has 0 radical (unpaired) electrons. The molecular weight excluding hydrogens is 265 g/mol. The summed E-state index contributed by atoms with van der Waals surface area (Å²) in [5, 5.41) is 0. The molecule has 1 nitrogen and oxygen atoms in total. The molecule has 2 N–H and O–H groups in total. The number of rotatable bonds is 2. The highest BCUT2D eigenvalue weighted by atomic mass is 19.4. The summed E-state index contributed by atoms with van der Waals surface area (Å²) < 4.78 is 66.7. The largest absolute Gasteiger partial charge is 0.426 e. The zero-order chi connectivity index (χ0) is 15.2. The van der Waals surface area contributed by atoms with E-state index in [2.05, 4.69) is 0 Å². The van der Waals surface area contributed by atoms with Crippen LogP contribution >= 0.6 is 0 Å². The Morgan fingerprint density at radius 2 is 1.63 bits per heavy atom. The summed E-state index contributed by atoms with van der Waals surface area (Å²) in [6, 6.07) is 1.03. The number of halogens is 5. The van der Waals surface area contributed by atoms with Crippen LogP contribution in [0.5, 0.6) is 0 Å². The van der Waals surface area contributed by atoms with Gasteiger partial charge in [0.05, 0.1) is 5.69 Å². The van der Waals surface area contributed by atoms with Crippen LogP contribution in [0.3, 0.4) is 0 Å². The lowest BCUT2D eigenvalue weighted by Crippen LogP contribution is -2.37. The summed E-state index contributed by atoms with van der Waals surface area (Å²) in [6.07, 6.45) is -5.12. The molecule has 1 atom stereocenters. The van der Waals surface area contributed by atoms with Crippen LogP contribution in [-0.4, -0.2) is 6.18 Å². The van der Waals surface area contributed by atoms with Gasteiger partial charge in [0.1, 0.15) is 5.82 Å². The van der Waals surface area contributed by atoms with Gasteiger partial charge in [0.2, 0.25) is 5.67 Å². The second-order valence-corrected chi connectivity index (χ2v) is 5.04. The van der Waals surface area contributed by atoms with Gasteiger partial charge in [0.15, 0.2) is 0 Å². The van der Waals surface area contributed by atoms with Gasteiger partial charge in [-0.1, -0.05) is 13.8 Å². The van der Waals surface area contributed by atoms with Gasteiger partial charge in [0.25, 0.3) is 0 Å². The zero-order valence-electron chi connectivity index (χ0n) is 11.1. The number of alkyl halides is 4. The van der Waals surface area contributed by atoms with Crippen LogP contribution in [-0.2, 0) is 5.67 Å². The van der Waals surface area contributed by atoms with E-state index in [4.69, 9.17) is 5.73 Å². The fourth-order valence-corrected chi connectivity index (χ4v) is 2.15. The van der Waals surface area contributed by atoms with E-state index in [1.54, 1.807) is 0 Å². The highest BCUT2D eigenvalue weighted by molar-refractivity contribution is 5.54. The van der Waals surface area contributed by atoms with Crippen molar-refractivity contribution in [2.45, 2.75) is 45.5 Å². The van der Waals surface area contributed by atoms with Crippen LogP contribution in [0.15, 0.2) is 6.07 Å². The molecule has 0 heterocycles. The Kier molecular flexibility index (Phi) is 3.85. The van der Waals surface area contributed by atoms with E-state index in [9.17, 15) is 22.0 Å². The van der Waals surface area contributed by atoms with Crippen molar-refractivity contribution < 1.29 is 22.0 Å². The van der Waals surface area contributed by atoms with E-state index in [1.807, 2.05) is 0 Å². The Morgan fingerprint density at radius 1 is 1.16 bits per heavy atom. The number of nitrogen functional groups attached to an aromatic ring is 1. The number of anilines is 1. The van der Waals surface area contributed by atoms with Crippen molar-refractivity contribution in [1.29, 1.82) is 0 Å². The maximum absolute atomic E-state index is 14.2. The van der Waals surface area contributed by atoms with E-state index in [0.29, 0.717) is 6.92 Å². The van der Waals surface area contributed by atoms with Gasteiger partial charge in [0, 0.05) is 5.56 Å². The molecule has 0 fully saturated rings. The van der Waals surface area contributed by atoms with Crippen LogP contribution in [0.4, 0.5) is 27.6 Å². The molecule has 6 heteroatoms. The molecule has 0 aliphatic rings. The van der Waals surface area contributed by atoms with Gasteiger partial charge < -0.3 is 5.73 Å². The summed E-state index contributed by atoms with van der Waals surface area (Å²) in [5.74, 6) is -1.60. The molecule has 0 amide bonds. The molecule has 0 aromatic heterocycles. The first-order valence-electron chi connectivity index (χ1n) is 5.75. The molecule has 1 rings (SSSR count). The quantitative estimate of drug-likeness (QED) is 0.623. The summed E-state index contributed by atoms with van der Waals surface area (Å²) in [4.78, 5) is 0. The van der Waals surface area contributed by atoms with Crippen molar-refractivity contribution in [3.8, 4) is 0 Å². The lowest BCUT2D eigenvalue weighted by Gasteiger charge is -2.30. The Hall–Kier alpha value is -1.33. The predicted octanol–water partition coefficient (Wildman–Crippen LogP) is 4.59. The molecule has 108 valence electrons. The minimum atomic E-state index is -5.12. The minimum Gasteiger partial charge on any atom is -0.396 e. The van der Waals surface area contributed by atoms with Crippen LogP contribution in [0.1, 0.15) is 43.4 Å². The van der Waals surface area contributed by atoms with Crippen molar-refractivity contribution in [2.75, 3.05) is 5.73 Å². The normalized spacial score (nSPS) is 15.7. The number of nitrogens with two attached hydrogens (primary N) is 1. The number of aryl methyl sites for hydroxylation is 1. The first kappa shape index (κ1) is 15.7. The van der Waals surface area contributed by atoms with Gasteiger partial charge in [-0.25, -0.2) is 8.78 Å². The molecule has 0 saturated heterocycles. The minimum absolute atomic E-state index is 0.00933. The highest BCUT2D eigenvalue weighted by Gasteiger charge is 2.55. The van der Waals surface area contributed by atoms with E-state index in [0.717, 1.165) is 6.07 Å². The molecule has 0 aliphatic carbocycles. The second-order valence-electron chi connectivity index (χ2n) is 5.04. The summed E-state index contributed by atoms with van der Waals surface area (Å²) in [6.45, 7) is 4.68. The number of benzene rings is 1. The predicted molar refractivity (Wildman–Crippen MR) is 64.2 cm³/mol. The lowest BCUT2D eigenvalue weighted by atomic mass is 9.83. The van der Waals surface area contributed by atoms with Crippen molar-refractivity contribution in [3.63, 3.8) is 0 Å². The van der Waals surface area contributed by atoms with Crippen LogP contribution in [0.25, 0.3) is 0 Å². The van der Waals surface area contributed by atoms with E-state index in [-0.39, 0.29) is 16.8 Å². The fraction of sp³-hybridized carbons (Fsp3) is 0.538. The molecule has 1 aromatic carbocycles. The summed E-state index contributed by atoms with van der Waals surface area (Å²) in [5.41, 5.74) is 0.499. The van der Waals surface area contributed by atoms with E-state index in [1.165, 1.54) is 20.8 Å². The molecule has 0 aliphatic heterocycles. The molecule has 19 heavy (non-hydrogen) atoms. The number of hydrogen-bond acceptors (Lipinski definition) is 1. The topological polar surface area (TPSA) is 26.0 Å². The van der Waals surface area contributed by atoms with Gasteiger partial charge in [-0.2, -0.15) is 13.2 Å². The molecule has 0 saturated carbocycles. The second kappa shape index (κ2) is 4.65. The first-order valence-corrected chi connectivity index (χ1v) is 5.75. The van der Waals surface area contributed by atoms with Crippen molar-refractivity contribution in [1.82, 2.24) is 0 Å². The Balaban J connectivity index is 3.74. The van der Waals surface area contributed by atoms with Gasteiger partial charge in [-0.15, -0.1) is 0 Å². The Morgan fingerprint density at radius 3 is 2.00 bits per heavy atom. The zero-order valence-corrected chi connectivity index (χ0v) is 11.1. The third-order valence-electron chi connectivity index (χ3n) is 3.10. The average Bonchev–Trinajstić information content (AvgIpc) is 2.20. The van der Waals surface area contributed by atoms with Crippen LogP contribution in [0.2, 0.25) is 0 Å². The number of hydrogen-bond donors (Lipinski definition) is 1. The third-order valence-corrected chi connectivity index (χ3v) is 3.10. The van der Waals surface area contributed by atoms with E-state index < -0.39 is 29.1 Å². The summed E-state index contributed by atoms with van der Waals surface area (Å²) in [7, 11) is 0. The van der Waals surface area contributed by atoms with E-state index >= 15 is 0 Å². The van der Waals surface area contributed by atoms with Crippen LogP contribution in [0, 0.1) is 12.7 Å². The monoisotopic (exact) mass is 281 g/mol. The fourth-order valence-electron chi connectivity index (χ4n) is 2.15. The maximum Gasteiger partial charge on any atom is 0.426 e. The van der Waals surface area contributed by atoms with Crippen molar-refractivity contribution >= 4 is 5.69 Å². The third kappa shape index (κ3) is 2.53. The first-order chi connectivity index (χ1) is 8.41.